The van der Waals surface area contributed by atoms with Gasteiger partial charge in [-0.2, -0.15) is 0 Å². The predicted molar refractivity (Wildman–Crippen MR) is 91.7 cm³/mol. The molecule has 5 heteroatoms. The molecule has 2 heterocycles. The quantitative estimate of drug-likeness (QED) is 0.939. The summed E-state index contributed by atoms with van der Waals surface area (Å²) in [4.78, 5) is 26.3. The smallest absolute Gasteiger partial charge is 0.240 e. The summed E-state index contributed by atoms with van der Waals surface area (Å²) in [6, 6.07) is 11.5. The SMILES string of the molecule is Cc1ccc(CNC(=O)CN2C(=O)CC(C)(C)c3ccccc32)o1. The number of nitrogens with zero attached hydrogens (tertiary/aromatic N) is 1. The van der Waals surface area contributed by atoms with E-state index in [0.717, 1.165) is 17.0 Å². The Kier molecular flexibility index (Phi) is 4.18. The second-order valence-corrected chi connectivity index (χ2v) is 6.85. The summed E-state index contributed by atoms with van der Waals surface area (Å²) >= 11 is 0. The van der Waals surface area contributed by atoms with Crippen LogP contribution in [-0.2, 0) is 21.5 Å². The third kappa shape index (κ3) is 3.20. The average Bonchev–Trinajstić information content (AvgIpc) is 2.95. The van der Waals surface area contributed by atoms with E-state index in [2.05, 4.69) is 19.2 Å². The van der Waals surface area contributed by atoms with Gasteiger partial charge in [0.2, 0.25) is 11.8 Å². The molecule has 0 radical (unpaired) electrons. The summed E-state index contributed by atoms with van der Waals surface area (Å²) < 4.78 is 5.43. The number of nitrogens with one attached hydrogen (secondary N) is 1. The highest BCUT2D eigenvalue weighted by molar-refractivity contribution is 6.02. The van der Waals surface area contributed by atoms with E-state index in [0.29, 0.717) is 18.7 Å². The van der Waals surface area contributed by atoms with Crippen molar-refractivity contribution in [1.82, 2.24) is 5.32 Å². The van der Waals surface area contributed by atoms with E-state index in [-0.39, 0.29) is 23.8 Å². The summed E-state index contributed by atoms with van der Waals surface area (Å²) in [6.07, 6.45) is 0.397. The molecule has 1 aliphatic heterocycles. The van der Waals surface area contributed by atoms with E-state index in [1.807, 2.05) is 43.3 Å². The van der Waals surface area contributed by atoms with Crippen molar-refractivity contribution >= 4 is 17.5 Å². The van der Waals surface area contributed by atoms with Gasteiger partial charge in [0, 0.05) is 17.5 Å². The third-order valence-electron chi connectivity index (χ3n) is 4.38. The molecule has 3 rings (SSSR count). The number of furan rings is 1. The van der Waals surface area contributed by atoms with Crippen molar-refractivity contribution < 1.29 is 14.0 Å². The van der Waals surface area contributed by atoms with Crippen LogP contribution in [0.2, 0.25) is 0 Å². The van der Waals surface area contributed by atoms with Crippen LogP contribution in [0.25, 0.3) is 0 Å². The molecular weight excluding hydrogens is 304 g/mol. The van der Waals surface area contributed by atoms with Crippen molar-refractivity contribution in [1.29, 1.82) is 0 Å². The van der Waals surface area contributed by atoms with Crippen molar-refractivity contribution in [2.24, 2.45) is 0 Å². The monoisotopic (exact) mass is 326 g/mol. The Morgan fingerprint density at radius 1 is 1.25 bits per heavy atom. The molecule has 0 saturated carbocycles. The van der Waals surface area contributed by atoms with E-state index >= 15 is 0 Å². The van der Waals surface area contributed by atoms with Gasteiger partial charge in [0.1, 0.15) is 18.1 Å². The molecule has 1 N–H and O–H groups in total. The lowest BCUT2D eigenvalue weighted by atomic mass is 9.77. The Hall–Kier alpha value is -2.56. The van der Waals surface area contributed by atoms with E-state index in [4.69, 9.17) is 4.42 Å². The molecule has 1 aliphatic rings. The highest BCUT2D eigenvalue weighted by atomic mass is 16.3. The highest BCUT2D eigenvalue weighted by Gasteiger charge is 2.36. The number of hydrogen-bond acceptors (Lipinski definition) is 3. The van der Waals surface area contributed by atoms with Crippen LogP contribution in [0.3, 0.4) is 0 Å². The van der Waals surface area contributed by atoms with Crippen LogP contribution in [0.4, 0.5) is 5.69 Å². The summed E-state index contributed by atoms with van der Waals surface area (Å²) in [5.74, 6) is 1.28. The van der Waals surface area contributed by atoms with Crippen LogP contribution in [0.1, 0.15) is 37.4 Å². The Morgan fingerprint density at radius 3 is 2.71 bits per heavy atom. The topological polar surface area (TPSA) is 62.6 Å². The number of amides is 2. The van der Waals surface area contributed by atoms with Crippen LogP contribution in [0.5, 0.6) is 0 Å². The normalized spacial score (nSPS) is 16.0. The van der Waals surface area contributed by atoms with Gasteiger partial charge in [0.25, 0.3) is 0 Å². The first-order valence-electron chi connectivity index (χ1n) is 8.09. The molecule has 0 fully saturated rings. The molecular formula is C19H22N2O3. The number of fused-ring (bicyclic) bond motifs is 1. The molecule has 1 aromatic carbocycles. The van der Waals surface area contributed by atoms with Gasteiger partial charge >= 0.3 is 0 Å². The van der Waals surface area contributed by atoms with Gasteiger partial charge in [0.15, 0.2) is 0 Å². The van der Waals surface area contributed by atoms with Gasteiger partial charge in [-0.3, -0.25) is 9.59 Å². The number of carbonyl (C=O) groups excluding carboxylic acids is 2. The standard InChI is InChI=1S/C19H22N2O3/c1-13-8-9-14(24-13)11-20-17(22)12-21-16-7-5-4-6-15(16)19(2,3)10-18(21)23/h4-9H,10-12H2,1-3H3,(H,20,22). The molecule has 0 atom stereocenters. The zero-order valence-corrected chi connectivity index (χ0v) is 14.3. The van der Waals surface area contributed by atoms with Crippen LogP contribution in [0, 0.1) is 6.92 Å². The third-order valence-corrected chi connectivity index (χ3v) is 4.38. The van der Waals surface area contributed by atoms with Crippen LogP contribution < -0.4 is 10.2 Å². The summed E-state index contributed by atoms with van der Waals surface area (Å²) in [7, 11) is 0. The van der Waals surface area contributed by atoms with Gasteiger partial charge in [-0.25, -0.2) is 0 Å². The molecule has 5 nitrogen and oxygen atoms in total. The van der Waals surface area contributed by atoms with Crippen molar-refractivity contribution in [3.05, 3.63) is 53.5 Å². The second kappa shape index (κ2) is 6.15. The number of hydrogen-bond donors (Lipinski definition) is 1. The number of para-hydroxylation sites is 1. The maximum Gasteiger partial charge on any atom is 0.240 e. The minimum absolute atomic E-state index is 0.0195. The Labute approximate surface area is 141 Å². The van der Waals surface area contributed by atoms with Gasteiger partial charge in [-0.1, -0.05) is 32.0 Å². The molecule has 126 valence electrons. The van der Waals surface area contributed by atoms with Crippen molar-refractivity contribution in [3.8, 4) is 0 Å². The fourth-order valence-corrected chi connectivity index (χ4v) is 3.12. The number of benzene rings is 1. The number of aryl methyl sites for hydroxylation is 1. The maximum absolute atomic E-state index is 12.5. The fourth-order valence-electron chi connectivity index (χ4n) is 3.12. The maximum atomic E-state index is 12.5. The first-order valence-corrected chi connectivity index (χ1v) is 8.09. The zero-order valence-electron chi connectivity index (χ0n) is 14.3. The van der Waals surface area contributed by atoms with Gasteiger partial charge in [-0.05, 0) is 30.7 Å². The van der Waals surface area contributed by atoms with Crippen LogP contribution >= 0.6 is 0 Å². The number of rotatable bonds is 4. The Morgan fingerprint density at radius 2 is 2.00 bits per heavy atom. The first kappa shape index (κ1) is 16.3. The van der Waals surface area contributed by atoms with Gasteiger partial charge < -0.3 is 14.6 Å². The van der Waals surface area contributed by atoms with Crippen molar-refractivity contribution in [3.63, 3.8) is 0 Å². The largest absolute Gasteiger partial charge is 0.465 e. The van der Waals surface area contributed by atoms with Gasteiger partial charge in [-0.15, -0.1) is 0 Å². The molecule has 0 unspecified atom stereocenters. The Bertz CT molecular complexity index is 776. The molecule has 0 spiro atoms. The molecule has 0 bridgehead atoms. The second-order valence-electron chi connectivity index (χ2n) is 6.85. The highest BCUT2D eigenvalue weighted by Crippen LogP contribution is 2.39. The minimum Gasteiger partial charge on any atom is -0.465 e. The summed E-state index contributed by atoms with van der Waals surface area (Å²) in [5, 5.41) is 2.81. The lowest BCUT2D eigenvalue weighted by molar-refractivity contribution is -0.124. The lowest BCUT2D eigenvalue weighted by Crippen LogP contribution is -2.46. The van der Waals surface area contributed by atoms with E-state index in [1.54, 1.807) is 4.90 Å². The molecule has 2 aromatic rings. The van der Waals surface area contributed by atoms with Crippen molar-refractivity contribution in [2.75, 3.05) is 11.4 Å². The predicted octanol–water partition coefficient (Wildman–Crippen LogP) is 2.92. The minimum atomic E-state index is -0.216. The molecule has 0 aliphatic carbocycles. The molecule has 0 saturated heterocycles. The molecule has 24 heavy (non-hydrogen) atoms. The van der Waals surface area contributed by atoms with E-state index in [1.165, 1.54) is 0 Å². The van der Waals surface area contributed by atoms with Crippen molar-refractivity contribution in [2.45, 2.75) is 39.2 Å². The Balaban J connectivity index is 1.72. The summed E-state index contributed by atoms with van der Waals surface area (Å²) in [5.41, 5.74) is 1.70. The molecule has 2 amide bonds. The zero-order chi connectivity index (χ0) is 17.3. The summed E-state index contributed by atoms with van der Waals surface area (Å²) in [6.45, 7) is 6.31. The van der Waals surface area contributed by atoms with Crippen LogP contribution in [0.15, 0.2) is 40.8 Å². The average molecular weight is 326 g/mol. The molecule has 1 aromatic heterocycles. The van der Waals surface area contributed by atoms with Crippen LogP contribution in [-0.4, -0.2) is 18.4 Å². The van der Waals surface area contributed by atoms with E-state index in [9.17, 15) is 9.59 Å². The lowest BCUT2D eigenvalue weighted by Gasteiger charge is -2.38. The number of carbonyl (C=O) groups is 2. The first-order chi connectivity index (χ1) is 11.4. The fraction of sp³-hybridized carbons (Fsp3) is 0.368. The number of anilines is 1. The van der Waals surface area contributed by atoms with Gasteiger partial charge in [0.05, 0.1) is 6.54 Å². The van der Waals surface area contributed by atoms with E-state index < -0.39 is 0 Å².